The number of nitrogens with zero attached hydrogens (tertiary/aromatic N) is 4. The molecular formula is C17H29N5OS. The molecule has 24 heavy (non-hydrogen) atoms. The molecule has 1 N–H and O–H groups in total. The Morgan fingerprint density at radius 1 is 1.21 bits per heavy atom. The van der Waals surface area contributed by atoms with Crippen molar-refractivity contribution in [2.24, 2.45) is 0 Å². The molecule has 6 nitrogen and oxygen atoms in total. The van der Waals surface area contributed by atoms with Crippen LogP contribution >= 0.6 is 11.3 Å². The number of nitrogens with one attached hydrogen (secondary N) is 1. The molecule has 1 aromatic rings. The molecular weight excluding hydrogens is 322 g/mol. The van der Waals surface area contributed by atoms with Crippen molar-refractivity contribution < 1.29 is 4.79 Å². The lowest BCUT2D eigenvalue weighted by atomic mass is 10.1. The minimum absolute atomic E-state index is 0.184. The minimum Gasteiger partial charge on any atom is -0.352 e. The van der Waals surface area contributed by atoms with Crippen LogP contribution in [0.15, 0.2) is 5.38 Å². The van der Waals surface area contributed by atoms with Crippen molar-refractivity contribution in [1.82, 2.24) is 20.1 Å². The highest BCUT2D eigenvalue weighted by Gasteiger charge is 2.23. The summed E-state index contributed by atoms with van der Waals surface area (Å²) >= 11 is 1.71. The fraction of sp³-hybridized carbons (Fsp3) is 0.765. The lowest BCUT2D eigenvalue weighted by molar-refractivity contribution is -0.123. The first-order chi connectivity index (χ1) is 11.6. The smallest absolute Gasteiger partial charge is 0.234 e. The zero-order valence-corrected chi connectivity index (χ0v) is 15.6. The molecule has 2 aliphatic rings. The van der Waals surface area contributed by atoms with Crippen molar-refractivity contribution in [3.8, 4) is 0 Å². The number of thiazole rings is 1. The van der Waals surface area contributed by atoms with Crippen LogP contribution in [0.25, 0.3) is 0 Å². The summed E-state index contributed by atoms with van der Waals surface area (Å²) in [5.41, 5.74) is 1.09. The Bertz CT molecular complexity index is 533. The summed E-state index contributed by atoms with van der Waals surface area (Å²) in [5, 5.41) is 6.43. The second kappa shape index (κ2) is 8.27. The normalized spacial score (nSPS) is 21.2. The Balaban J connectivity index is 1.37. The number of carbonyl (C=O) groups excluding carboxylic acids is 1. The Morgan fingerprint density at radius 3 is 2.50 bits per heavy atom. The first-order valence-corrected chi connectivity index (χ1v) is 9.93. The molecule has 1 aromatic heterocycles. The Morgan fingerprint density at radius 2 is 1.92 bits per heavy atom. The number of piperazine rings is 1. The van der Waals surface area contributed by atoms with Gasteiger partial charge in [0, 0.05) is 50.7 Å². The van der Waals surface area contributed by atoms with Crippen molar-refractivity contribution in [2.45, 2.75) is 32.7 Å². The highest BCUT2D eigenvalue weighted by molar-refractivity contribution is 7.13. The van der Waals surface area contributed by atoms with Crippen molar-refractivity contribution >= 4 is 22.4 Å². The van der Waals surface area contributed by atoms with Crippen LogP contribution in [0.3, 0.4) is 0 Å². The number of hydrogen-bond donors (Lipinski definition) is 1. The second-order valence-corrected chi connectivity index (χ2v) is 7.65. The number of piperidine rings is 1. The molecule has 0 atom stereocenters. The number of aromatic nitrogens is 1. The van der Waals surface area contributed by atoms with E-state index in [0.717, 1.165) is 69.5 Å². The quantitative estimate of drug-likeness (QED) is 0.863. The average Bonchev–Trinajstić information content (AvgIpc) is 3.02. The molecule has 2 saturated heterocycles. The van der Waals surface area contributed by atoms with Crippen LogP contribution in [-0.4, -0.2) is 79.1 Å². The van der Waals surface area contributed by atoms with Gasteiger partial charge in [0.05, 0.1) is 12.2 Å². The average molecular weight is 352 g/mol. The first kappa shape index (κ1) is 17.6. The number of hydrogen-bond acceptors (Lipinski definition) is 6. The Kier molecular flexibility index (Phi) is 6.08. The van der Waals surface area contributed by atoms with E-state index in [1.807, 2.05) is 6.92 Å². The van der Waals surface area contributed by atoms with E-state index in [9.17, 15) is 4.79 Å². The summed E-state index contributed by atoms with van der Waals surface area (Å²) in [7, 11) is 0. The van der Waals surface area contributed by atoms with Gasteiger partial charge in [-0.15, -0.1) is 11.3 Å². The zero-order valence-electron chi connectivity index (χ0n) is 14.8. The highest BCUT2D eigenvalue weighted by Crippen LogP contribution is 2.21. The number of rotatable bonds is 5. The summed E-state index contributed by atoms with van der Waals surface area (Å²) in [6, 6.07) is 0.361. The summed E-state index contributed by atoms with van der Waals surface area (Å²) in [6.45, 7) is 11.9. The van der Waals surface area contributed by atoms with E-state index in [1.165, 1.54) is 0 Å². The molecule has 0 aliphatic carbocycles. The zero-order chi connectivity index (χ0) is 16.9. The first-order valence-electron chi connectivity index (χ1n) is 9.05. The van der Waals surface area contributed by atoms with Crippen molar-refractivity contribution in [1.29, 1.82) is 0 Å². The number of anilines is 1. The SMILES string of the molecule is CCN1CCC(NC(=O)CN2CCN(c3nc(C)cs3)CC2)CC1. The van der Waals surface area contributed by atoms with Gasteiger partial charge in [-0.2, -0.15) is 0 Å². The molecule has 2 aliphatic heterocycles. The fourth-order valence-corrected chi connectivity index (χ4v) is 4.31. The monoisotopic (exact) mass is 351 g/mol. The molecule has 0 aromatic carbocycles. The van der Waals surface area contributed by atoms with Crippen molar-refractivity contribution in [3.05, 3.63) is 11.1 Å². The molecule has 3 rings (SSSR count). The van der Waals surface area contributed by atoms with E-state index in [2.05, 4.69) is 37.3 Å². The van der Waals surface area contributed by atoms with Gasteiger partial charge in [0.25, 0.3) is 0 Å². The molecule has 0 spiro atoms. The molecule has 2 fully saturated rings. The third-order valence-electron chi connectivity index (χ3n) is 5.02. The second-order valence-electron chi connectivity index (χ2n) is 6.81. The van der Waals surface area contributed by atoms with Crippen LogP contribution in [0, 0.1) is 6.92 Å². The molecule has 134 valence electrons. The summed E-state index contributed by atoms with van der Waals surface area (Å²) in [5.74, 6) is 0.184. The predicted molar refractivity (Wildman–Crippen MR) is 98.8 cm³/mol. The maximum atomic E-state index is 12.3. The summed E-state index contributed by atoms with van der Waals surface area (Å²) < 4.78 is 0. The Labute approximate surface area is 148 Å². The van der Waals surface area contributed by atoms with Crippen LogP contribution < -0.4 is 10.2 Å². The van der Waals surface area contributed by atoms with Gasteiger partial charge in [0.15, 0.2) is 5.13 Å². The number of amides is 1. The molecule has 0 radical (unpaired) electrons. The lowest BCUT2D eigenvalue weighted by Crippen LogP contribution is -2.51. The third-order valence-corrected chi connectivity index (χ3v) is 6.04. The molecule has 0 bridgehead atoms. The van der Waals surface area contributed by atoms with Gasteiger partial charge in [0.2, 0.25) is 5.91 Å². The van der Waals surface area contributed by atoms with Crippen molar-refractivity contribution in [2.75, 3.05) is 57.3 Å². The summed E-state index contributed by atoms with van der Waals surface area (Å²) in [4.78, 5) is 23.9. The van der Waals surface area contributed by atoms with Crippen LogP contribution in [-0.2, 0) is 4.79 Å². The van der Waals surface area contributed by atoms with Crippen molar-refractivity contribution in [3.63, 3.8) is 0 Å². The van der Waals surface area contributed by atoms with Crippen LogP contribution in [0.2, 0.25) is 0 Å². The summed E-state index contributed by atoms with van der Waals surface area (Å²) in [6.07, 6.45) is 2.16. The number of aryl methyl sites for hydroxylation is 1. The topological polar surface area (TPSA) is 51.7 Å². The van der Waals surface area contributed by atoms with Gasteiger partial charge in [-0.25, -0.2) is 4.98 Å². The number of likely N-dealkylation sites (tertiary alicyclic amines) is 1. The van der Waals surface area contributed by atoms with E-state index in [0.29, 0.717) is 12.6 Å². The molecule has 7 heteroatoms. The molecule has 0 saturated carbocycles. The maximum Gasteiger partial charge on any atom is 0.234 e. The lowest BCUT2D eigenvalue weighted by Gasteiger charge is -2.35. The van der Waals surface area contributed by atoms with E-state index in [1.54, 1.807) is 11.3 Å². The fourth-order valence-electron chi connectivity index (χ4n) is 3.45. The van der Waals surface area contributed by atoms with E-state index in [4.69, 9.17) is 0 Å². The van der Waals surface area contributed by atoms with Gasteiger partial charge >= 0.3 is 0 Å². The van der Waals surface area contributed by atoms with Gasteiger partial charge in [-0.05, 0) is 26.3 Å². The molecule has 1 amide bonds. The maximum absolute atomic E-state index is 12.3. The Hall–Kier alpha value is -1.18. The molecule has 3 heterocycles. The third kappa shape index (κ3) is 4.68. The van der Waals surface area contributed by atoms with E-state index < -0.39 is 0 Å². The van der Waals surface area contributed by atoms with Gasteiger partial charge < -0.3 is 15.1 Å². The van der Waals surface area contributed by atoms with Gasteiger partial charge in [-0.1, -0.05) is 6.92 Å². The standard InChI is InChI=1S/C17H29N5OS/c1-3-20-6-4-15(5-7-20)19-16(23)12-21-8-10-22(11-9-21)17-18-14(2)13-24-17/h13,15H,3-12H2,1-2H3,(H,19,23). The van der Waals surface area contributed by atoms with E-state index >= 15 is 0 Å². The van der Waals surface area contributed by atoms with Gasteiger partial charge in [0.1, 0.15) is 0 Å². The number of carbonyl (C=O) groups is 1. The van der Waals surface area contributed by atoms with Crippen LogP contribution in [0.1, 0.15) is 25.5 Å². The van der Waals surface area contributed by atoms with Crippen LogP contribution in [0.4, 0.5) is 5.13 Å². The van der Waals surface area contributed by atoms with Gasteiger partial charge in [-0.3, -0.25) is 9.69 Å². The van der Waals surface area contributed by atoms with E-state index in [-0.39, 0.29) is 5.91 Å². The largest absolute Gasteiger partial charge is 0.352 e. The van der Waals surface area contributed by atoms with Crippen LogP contribution in [0.5, 0.6) is 0 Å². The minimum atomic E-state index is 0.184. The predicted octanol–water partition coefficient (Wildman–Crippen LogP) is 1.17. The highest BCUT2D eigenvalue weighted by atomic mass is 32.1. The molecule has 0 unspecified atom stereocenters.